The summed E-state index contributed by atoms with van der Waals surface area (Å²) >= 11 is 0. The molecule has 12 nitrogen and oxygen atoms in total. The number of anilines is 2. The van der Waals surface area contributed by atoms with E-state index in [1.165, 1.54) is 47.4 Å². The van der Waals surface area contributed by atoms with Gasteiger partial charge in [-0.15, -0.1) is 0 Å². The number of fused-ring (bicyclic) bond motifs is 3. The number of hydrogen-bond donors (Lipinski definition) is 4. The van der Waals surface area contributed by atoms with Crippen LogP contribution in [-0.4, -0.2) is 59.3 Å². The third-order valence-corrected chi connectivity index (χ3v) is 8.67. The smallest absolute Gasteiger partial charge is 0.251 e. The Kier molecular flexibility index (Phi) is 11.5. The zero-order valence-corrected chi connectivity index (χ0v) is 28.7. The average Bonchev–Trinajstić information content (AvgIpc) is 3.33. The summed E-state index contributed by atoms with van der Waals surface area (Å²) in [6, 6.07) is 10.3. The van der Waals surface area contributed by atoms with Crippen LogP contribution in [0.5, 0.6) is 23.0 Å². The molecule has 1 aliphatic rings. The zero-order chi connectivity index (χ0) is 35.1. The highest BCUT2D eigenvalue weighted by atomic mass is 16.5. The molecule has 256 valence electrons. The van der Waals surface area contributed by atoms with Gasteiger partial charge in [-0.25, -0.2) is 0 Å². The summed E-state index contributed by atoms with van der Waals surface area (Å²) in [5.74, 6) is 0.551. The van der Waals surface area contributed by atoms with E-state index in [-0.39, 0.29) is 28.8 Å². The van der Waals surface area contributed by atoms with Gasteiger partial charge in [0.05, 0.1) is 45.9 Å². The van der Waals surface area contributed by atoms with E-state index in [4.69, 9.17) is 18.9 Å². The van der Waals surface area contributed by atoms with E-state index in [1.807, 2.05) is 19.9 Å². The van der Waals surface area contributed by atoms with Crippen molar-refractivity contribution >= 4 is 29.1 Å². The normalized spacial score (nSPS) is 14.5. The van der Waals surface area contributed by atoms with Gasteiger partial charge in [-0.3, -0.25) is 19.2 Å². The lowest BCUT2D eigenvalue weighted by atomic mass is 9.95. The molecule has 48 heavy (non-hydrogen) atoms. The molecule has 0 fully saturated rings. The molecule has 0 aromatic heterocycles. The van der Waals surface area contributed by atoms with Crippen molar-refractivity contribution in [2.24, 2.45) is 5.92 Å². The molecular weight excluding hydrogens is 616 g/mol. The van der Waals surface area contributed by atoms with Crippen LogP contribution < -0.4 is 45.6 Å². The van der Waals surface area contributed by atoms with Crippen molar-refractivity contribution in [2.45, 2.75) is 52.1 Å². The summed E-state index contributed by atoms with van der Waals surface area (Å²) < 4.78 is 22.6. The summed E-state index contributed by atoms with van der Waals surface area (Å²) in [5, 5.41) is 11.7. The van der Waals surface area contributed by atoms with Crippen LogP contribution in [0.15, 0.2) is 47.3 Å². The van der Waals surface area contributed by atoms with Gasteiger partial charge >= 0.3 is 0 Å². The number of carbonyl (C=O) groups excluding carboxylic acids is 3. The lowest BCUT2D eigenvalue weighted by Crippen LogP contribution is -2.40. The van der Waals surface area contributed by atoms with Gasteiger partial charge in [0.15, 0.2) is 11.5 Å². The molecule has 3 aromatic carbocycles. The predicted octanol–water partition coefficient (Wildman–Crippen LogP) is 4.70. The summed E-state index contributed by atoms with van der Waals surface area (Å²) in [6.07, 6.45) is 1.70. The largest absolute Gasteiger partial charge is 0.495 e. The molecule has 12 heteroatoms. The molecule has 4 N–H and O–H groups in total. The number of amides is 3. The van der Waals surface area contributed by atoms with Crippen LogP contribution >= 0.6 is 0 Å². The van der Waals surface area contributed by atoms with E-state index < -0.39 is 18.0 Å². The summed E-state index contributed by atoms with van der Waals surface area (Å²) in [4.78, 5) is 52.4. The molecule has 0 saturated carbocycles. The fraction of sp³-hybridized carbons (Fsp3) is 0.389. The second-order valence-corrected chi connectivity index (χ2v) is 11.6. The van der Waals surface area contributed by atoms with E-state index in [9.17, 15) is 19.2 Å². The van der Waals surface area contributed by atoms with Crippen LogP contribution in [0.2, 0.25) is 0 Å². The van der Waals surface area contributed by atoms with E-state index in [1.54, 1.807) is 31.4 Å². The summed E-state index contributed by atoms with van der Waals surface area (Å²) in [6.45, 7) is 5.30. The first kappa shape index (κ1) is 35.6. The fourth-order valence-electron chi connectivity index (χ4n) is 6.00. The molecule has 0 saturated heterocycles. The Hall–Kier alpha value is -5.26. The first-order valence-corrected chi connectivity index (χ1v) is 15.8. The molecule has 0 aliphatic heterocycles. The van der Waals surface area contributed by atoms with Crippen LogP contribution in [0.25, 0.3) is 11.1 Å². The fourth-order valence-corrected chi connectivity index (χ4v) is 6.00. The van der Waals surface area contributed by atoms with E-state index >= 15 is 0 Å². The SMILES string of the molecule is CC[C@H](C)[C@@H](Nc1ccc2c(cc1=O)[C@H](NC(C)=O)CCc1cc(OC)c(OC)c(OC)c1-2)C(=O)Nc1cc(C(=O)NC)ccc1OC. The van der Waals surface area contributed by atoms with E-state index in [2.05, 4.69) is 21.3 Å². The third kappa shape index (κ3) is 7.32. The topological polar surface area (TPSA) is 153 Å². The molecule has 0 unspecified atom stereocenters. The minimum atomic E-state index is -0.837. The zero-order valence-electron chi connectivity index (χ0n) is 28.7. The molecule has 3 atom stereocenters. The quantitative estimate of drug-likeness (QED) is 0.217. The third-order valence-electron chi connectivity index (χ3n) is 8.67. The predicted molar refractivity (Wildman–Crippen MR) is 185 cm³/mol. The molecule has 4 rings (SSSR count). The lowest BCUT2D eigenvalue weighted by molar-refractivity contribution is -0.120. The molecule has 1 aliphatic carbocycles. The van der Waals surface area contributed by atoms with Crippen molar-refractivity contribution in [3.05, 3.63) is 69.4 Å². The molecule has 3 amide bonds. The molecule has 0 radical (unpaired) electrons. The van der Waals surface area contributed by atoms with Crippen molar-refractivity contribution in [2.75, 3.05) is 46.1 Å². The van der Waals surface area contributed by atoms with Gasteiger partial charge < -0.3 is 40.2 Å². The first-order valence-electron chi connectivity index (χ1n) is 15.8. The Labute approximate surface area is 280 Å². The van der Waals surface area contributed by atoms with Crippen molar-refractivity contribution in [3.63, 3.8) is 0 Å². The Bertz CT molecular complexity index is 1760. The Morgan fingerprint density at radius 1 is 0.896 bits per heavy atom. The summed E-state index contributed by atoms with van der Waals surface area (Å²) in [5.41, 5.74) is 3.39. The number of nitrogens with one attached hydrogen (secondary N) is 4. The second-order valence-electron chi connectivity index (χ2n) is 11.6. The highest BCUT2D eigenvalue weighted by Gasteiger charge is 2.31. The van der Waals surface area contributed by atoms with Crippen molar-refractivity contribution in [3.8, 4) is 34.1 Å². The van der Waals surface area contributed by atoms with Crippen LogP contribution in [0, 0.1) is 5.92 Å². The van der Waals surface area contributed by atoms with Crippen molar-refractivity contribution < 1.29 is 33.3 Å². The van der Waals surface area contributed by atoms with Gasteiger partial charge in [-0.2, -0.15) is 0 Å². The highest BCUT2D eigenvalue weighted by molar-refractivity contribution is 6.01. The van der Waals surface area contributed by atoms with Crippen LogP contribution in [0.3, 0.4) is 0 Å². The molecular formula is C36H44N4O8. The first-order chi connectivity index (χ1) is 23.0. The number of hydrogen-bond acceptors (Lipinski definition) is 9. The number of carbonyl (C=O) groups is 3. The van der Waals surface area contributed by atoms with Gasteiger partial charge in [-0.05, 0) is 71.8 Å². The molecule has 0 spiro atoms. The number of rotatable bonds is 12. The van der Waals surface area contributed by atoms with Crippen LogP contribution in [0.4, 0.5) is 11.4 Å². The minimum absolute atomic E-state index is 0.192. The maximum atomic E-state index is 14.0. The number of benzene rings is 2. The molecule has 0 bridgehead atoms. The van der Waals surface area contributed by atoms with Crippen molar-refractivity contribution in [1.82, 2.24) is 10.6 Å². The Morgan fingerprint density at radius 3 is 2.21 bits per heavy atom. The standard InChI is InChI=1S/C36H44N4O8/c1-9-19(2)32(36(44)40-27-16-22(35(43)37-4)11-15-29(27)45-5)39-26-14-12-23-24(18-28(26)42)25(38-20(3)41)13-10-21-17-30(46-6)33(47-7)34(48-8)31(21)23/h11-12,14-19,25,32H,9-10,13H2,1-8H3,(H,37,43)(H,38,41)(H,39,42)(H,40,44)/t19-,25+,32+/m0/s1. The number of aryl methyl sites for hydroxylation is 1. The van der Waals surface area contributed by atoms with Gasteiger partial charge in [0, 0.05) is 25.1 Å². The maximum Gasteiger partial charge on any atom is 0.251 e. The lowest BCUT2D eigenvalue weighted by Gasteiger charge is -2.24. The summed E-state index contributed by atoms with van der Waals surface area (Å²) in [7, 11) is 7.61. The van der Waals surface area contributed by atoms with Gasteiger partial charge in [0.25, 0.3) is 5.91 Å². The van der Waals surface area contributed by atoms with Crippen LogP contribution in [-0.2, 0) is 16.0 Å². The van der Waals surface area contributed by atoms with Gasteiger partial charge in [0.1, 0.15) is 11.8 Å². The van der Waals surface area contributed by atoms with E-state index in [0.29, 0.717) is 64.6 Å². The van der Waals surface area contributed by atoms with Gasteiger partial charge in [-0.1, -0.05) is 26.3 Å². The Balaban J connectivity index is 1.84. The minimum Gasteiger partial charge on any atom is -0.495 e. The molecule has 0 heterocycles. The number of methoxy groups -OCH3 is 4. The molecule has 3 aromatic rings. The van der Waals surface area contributed by atoms with Gasteiger partial charge in [0.2, 0.25) is 23.0 Å². The Morgan fingerprint density at radius 2 is 1.60 bits per heavy atom. The highest BCUT2D eigenvalue weighted by Crippen LogP contribution is 2.50. The van der Waals surface area contributed by atoms with E-state index in [0.717, 1.165) is 11.1 Å². The van der Waals surface area contributed by atoms with Crippen LogP contribution in [0.1, 0.15) is 61.1 Å². The van der Waals surface area contributed by atoms with Crippen molar-refractivity contribution in [1.29, 1.82) is 0 Å². The monoisotopic (exact) mass is 660 g/mol. The second kappa shape index (κ2) is 15.6. The number of ether oxygens (including phenoxy) is 4. The average molecular weight is 661 g/mol. The maximum absolute atomic E-state index is 14.0.